The molecule has 0 aliphatic heterocycles. The Morgan fingerprint density at radius 2 is 1.86 bits per heavy atom. The third-order valence-corrected chi connectivity index (χ3v) is 4.46. The molecule has 6 nitrogen and oxygen atoms in total. The van der Waals surface area contributed by atoms with Crippen LogP contribution in [0.25, 0.3) is 0 Å². The summed E-state index contributed by atoms with van der Waals surface area (Å²) in [5.41, 5.74) is 0.283. The Kier molecular flexibility index (Phi) is 6.37. The Bertz CT molecular complexity index is 624. The Morgan fingerprint density at radius 1 is 1.23 bits per heavy atom. The minimum Gasteiger partial charge on any atom is -0.495 e. The van der Waals surface area contributed by atoms with Crippen molar-refractivity contribution in [3.05, 3.63) is 23.8 Å². The predicted molar refractivity (Wildman–Crippen MR) is 85.6 cm³/mol. The highest BCUT2D eigenvalue weighted by molar-refractivity contribution is 7.89. The number of benzene rings is 1. The number of carbonyl (C=O) groups excluding carboxylic acids is 1. The van der Waals surface area contributed by atoms with Gasteiger partial charge in [0.15, 0.2) is 0 Å². The van der Waals surface area contributed by atoms with Crippen molar-refractivity contribution in [1.29, 1.82) is 0 Å². The van der Waals surface area contributed by atoms with Crippen LogP contribution in [0.4, 0.5) is 0 Å². The van der Waals surface area contributed by atoms with Gasteiger partial charge in [-0.05, 0) is 38.0 Å². The largest absolute Gasteiger partial charge is 0.495 e. The van der Waals surface area contributed by atoms with Gasteiger partial charge in [-0.1, -0.05) is 13.8 Å². The van der Waals surface area contributed by atoms with Gasteiger partial charge in [0, 0.05) is 18.2 Å². The molecule has 1 amide bonds. The van der Waals surface area contributed by atoms with Crippen LogP contribution in [0, 0.1) is 5.92 Å². The fourth-order valence-electron chi connectivity index (χ4n) is 1.80. The van der Waals surface area contributed by atoms with Crippen LogP contribution in [0.3, 0.4) is 0 Å². The fourth-order valence-corrected chi connectivity index (χ4v) is 3.25. The second-order valence-corrected chi connectivity index (χ2v) is 7.43. The van der Waals surface area contributed by atoms with Crippen molar-refractivity contribution in [3.63, 3.8) is 0 Å². The summed E-state index contributed by atoms with van der Waals surface area (Å²) in [6, 6.07) is 4.11. The molecule has 0 aliphatic carbocycles. The molecule has 2 N–H and O–H groups in total. The Labute approximate surface area is 132 Å². The van der Waals surface area contributed by atoms with Crippen LogP contribution in [0.5, 0.6) is 5.75 Å². The van der Waals surface area contributed by atoms with E-state index in [-0.39, 0.29) is 28.2 Å². The first-order valence-electron chi connectivity index (χ1n) is 7.16. The third-order valence-electron chi connectivity index (χ3n) is 2.78. The minimum absolute atomic E-state index is 0.0408. The van der Waals surface area contributed by atoms with E-state index >= 15 is 0 Å². The quantitative estimate of drug-likeness (QED) is 0.799. The summed E-state index contributed by atoms with van der Waals surface area (Å²) in [6.45, 7) is 7.94. The highest BCUT2D eigenvalue weighted by Gasteiger charge is 2.22. The lowest BCUT2D eigenvalue weighted by molar-refractivity contribution is 0.0948. The van der Waals surface area contributed by atoms with E-state index in [2.05, 4.69) is 10.0 Å². The van der Waals surface area contributed by atoms with Gasteiger partial charge in [-0.25, -0.2) is 13.1 Å². The Balaban J connectivity index is 3.16. The van der Waals surface area contributed by atoms with Crippen molar-refractivity contribution in [2.75, 3.05) is 13.7 Å². The zero-order valence-electron chi connectivity index (χ0n) is 13.6. The van der Waals surface area contributed by atoms with Gasteiger partial charge in [-0.15, -0.1) is 0 Å². The molecule has 1 aromatic rings. The molecular formula is C15H24N2O4S. The highest BCUT2D eigenvalue weighted by Crippen LogP contribution is 2.25. The van der Waals surface area contributed by atoms with Gasteiger partial charge in [0.25, 0.3) is 5.91 Å². The first-order valence-corrected chi connectivity index (χ1v) is 8.64. The normalized spacial score (nSPS) is 11.8. The number of sulfonamides is 1. The zero-order chi connectivity index (χ0) is 16.9. The molecule has 1 rings (SSSR count). The molecular weight excluding hydrogens is 304 g/mol. The lowest BCUT2D eigenvalue weighted by Gasteiger charge is -2.14. The van der Waals surface area contributed by atoms with Crippen LogP contribution in [-0.4, -0.2) is 34.0 Å². The Hall–Kier alpha value is -1.60. The van der Waals surface area contributed by atoms with Gasteiger partial charge in [0.05, 0.1) is 7.11 Å². The minimum atomic E-state index is -3.74. The van der Waals surface area contributed by atoms with E-state index < -0.39 is 10.0 Å². The summed E-state index contributed by atoms with van der Waals surface area (Å²) >= 11 is 0. The number of hydrogen-bond donors (Lipinski definition) is 2. The van der Waals surface area contributed by atoms with Crippen LogP contribution < -0.4 is 14.8 Å². The molecule has 0 aliphatic rings. The van der Waals surface area contributed by atoms with E-state index in [1.807, 2.05) is 13.8 Å². The number of carbonyl (C=O) groups is 1. The van der Waals surface area contributed by atoms with Crippen molar-refractivity contribution >= 4 is 15.9 Å². The summed E-state index contributed by atoms with van der Waals surface area (Å²) in [5.74, 6) is 0.207. The number of ether oxygens (including phenoxy) is 1. The van der Waals surface area contributed by atoms with E-state index in [0.717, 1.165) is 0 Å². The van der Waals surface area contributed by atoms with Gasteiger partial charge >= 0.3 is 0 Å². The molecule has 0 unspecified atom stereocenters. The molecule has 7 heteroatoms. The third kappa shape index (κ3) is 4.99. The average Bonchev–Trinajstić information content (AvgIpc) is 2.42. The number of nitrogens with one attached hydrogen (secondary N) is 2. The maximum absolute atomic E-state index is 12.3. The molecule has 0 aromatic heterocycles. The number of methoxy groups -OCH3 is 1. The highest BCUT2D eigenvalue weighted by atomic mass is 32.2. The van der Waals surface area contributed by atoms with Crippen LogP contribution in [-0.2, 0) is 10.0 Å². The van der Waals surface area contributed by atoms with Crippen LogP contribution in [0.15, 0.2) is 23.1 Å². The summed E-state index contributed by atoms with van der Waals surface area (Å²) in [7, 11) is -2.35. The smallest absolute Gasteiger partial charge is 0.251 e. The SMILES string of the molecule is COc1ccc(C(=O)NCC(C)C)cc1S(=O)(=O)NC(C)C. The summed E-state index contributed by atoms with van der Waals surface area (Å²) in [4.78, 5) is 12.0. The fraction of sp³-hybridized carbons (Fsp3) is 0.533. The molecule has 0 spiro atoms. The Morgan fingerprint density at radius 3 is 2.36 bits per heavy atom. The zero-order valence-corrected chi connectivity index (χ0v) is 14.5. The van der Waals surface area contributed by atoms with Crippen LogP contribution in [0.2, 0.25) is 0 Å². The number of amides is 1. The van der Waals surface area contributed by atoms with Gasteiger partial charge in [0.1, 0.15) is 10.6 Å². The molecule has 0 saturated carbocycles. The van der Waals surface area contributed by atoms with E-state index in [1.165, 1.54) is 19.2 Å². The second kappa shape index (κ2) is 7.60. The summed E-state index contributed by atoms with van der Waals surface area (Å²) in [5, 5.41) is 2.76. The molecule has 0 atom stereocenters. The summed E-state index contributed by atoms with van der Waals surface area (Å²) < 4.78 is 32.3. The van der Waals surface area contributed by atoms with Crippen molar-refractivity contribution in [2.24, 2.45) is 5.92 Å². The van der Waals surface area contributed by atoms with Crippen molar-refractivity contribution in [3.8, 4) is 5.75 Å². The van der Waals surface area contributed by atoms with Crippen molar-refractivity contribution < 1.29 is 17.9 Å². The first kappa shape index (κ1) is 18.4. The molecule has 0 fully saturated rings. The van der Waals surface area contributed by atoms with Crippen molar-refractivity contribution in [1.82, 2.24) is 10.0 Å². The maximum Gasteiger partial charge on any atom is 0.251 e. The molecule has 0 saturated heterocycles. The lowest BCUT2D eigenvalue weighted by atomic mass is 10.2. The number of hydrogen-bond acceptors (Lipinski definition) is 4. The number of rotatable bonds is 7. The van der Waals surface area contributed by atoms with Gasteiger partial charge in [-0.2, -0.15) is 0 Å². The maximum atomic E-state index is 12.3. The van der Waals surface area contributed by atoms with Gasteiger partial charge < -0.3 is 10.1 Å². The lowest BCUT2D eigenvalue weighted by Crippen LogP contribution is -2.31. The van der Waals surface area contributed by atoms with E-state index in [0.29, 0.717) is 12.5 Å². The first-order chi connectivity index (χ1) is 10.2. The predicted octanol–water partition coefficient (Wildman–Crippen LogP) is 1.77. The molecule has 0 bridgehead atoms. The molecule has 124 valence electrons. The van der Waals surface area contributed by atoms with E-state index in [4.69, 9.17) is 4.74 Å². The van der Waals surface area contributed by atoms with Gasteiger partial charge in [0.2, 0.25) is 10.0 Å². The molecule has 1 aromatic carbocycles. The topological polar surface area (TPSA) is 84.5 Å². The van der Waals surface area contributed by atoms with Crippen molar-refractivity contribution in [2.45, 2.75) is 38.6 Å². The molecule has 22 heavy (non-hydrogen) atoms. The average molecular weight is 328 g/mol. The standard InChI is InChI=1S/C15H24N2O4S/c1-10(2)9-16-15(18)12-6-7-13(21-5)14(8-12)22(19,20)17-11(3)4/h6-8,10-11,17H,9H2,1-5H3,(H,16,18). The molecule has 0 heterocycles. The van der Waals surface area contributed by atoms with E-state index in [9.17, 15) is 13.2 Å². The molecule has 0 radical (unpaired) electrons. The monoisotopic (exact) mass is 328 g/mol. The van der Waals surface area contributed by atoms with Gasteiger partial charge in [-0.3, -0.25) is 4.79 Å². The second-order valence-electron chi connectivity index (χ2n) is 5.75. The van der Waals surface area contributed by atoms with Crippen LogP contribution >= 0.6 is 0 Å². The summed E-state index contributed by atoms with van der Waals surface area (Å²) in [6.07, 6.45) is 0. The van der Waals surface area contributed by atoms with Crippen LogP contribution in [0.1, 0.15) is 38.1 Å². The van der Waals surface area contributed by atoms with E-state index in [1.54, 1.807) is 19.9 Å².